The molecule has 0 saturated heterocycles. The van der Waals surface area contributed by atoms with Crippen LogP contribution in [0, 0.1) is 11.6 Å². The standard InChI is InChI=1S/C20H13F2NO4/c21-13-8-12(9-14(22)10-13)19(24)23-18-11-16(6-7-17(18)20(25)26)27-15-4-2-1-3-5-15/h1-11H,(H,23,24)(H,25,26). The first-order valence-electron chi connectivity index (χ1n) is 7.80. The highest BCUT2D eigenvalue weighted by Crippen LogP contribution is 2.27. The van der Waals surface area contributed by atoms with E-state index in [0.717, 1.165) is 12.1 Å². The maximum atomic E-state index is 13.3. The van der Waals surface area contributed by atoms with Gasteiger partial charge in [-0.2, -0.15) is 0 Å². The number of carboxylic acids is 1. The molecule has 0 heterocycles. The third kappa shape index (κ3) is 4.46. The lowest BCUT2D eigenvalue weighted by Crippen LogP contribution is -2.15. The monoisotopic (exact) mass is 369 g/mol. The lowest BCUT2D eigenvalue weighted by molar-refractivity contribution is 0.0698. The van der Waals surface area contributed by atoms with Crippen LogP contribution in [0.2, 0.25) is 0 Å². The van der Waals surface area contributed by atoms with E-state index in [4.69, 9.17) is 4.74 Å². The number of rotatable bonds is 5. The van der Waals surface area contributed by atoms with Crippen LogP contribution in [-0.2, 0) is 0 Å². The van der Waals surface area contributed by atoms with E-state index in [2.05, 4.69) is 5.32 Å². The van der Waals surface area contributed by atoms with E-state index in [-0.39, 0.29) is 22.6 Å². The fraction of sp³-hybridized carbons (Fsp3) is 0. The Kier molecular flexibility index (Phi) is 5.12. The van der Waals surface area contributed by atoms with E-state index in [1.165, 1.54) is 18.2 Å². The average molecular weight is 369 g/mol. The molecule has 0 fully saturated rings. The summed E-state index contributed by atoms with van der Waals surface area (Å²) in [6.45, 7) is 0. The maximum Gasteiger partial charge on any atom is 0.337 e. The van der Waals surface area contributed by atoms with Crippen LogP contribution < -0.4 is 10.1 Å². The minimum atomic E-state index is -1.28. The number of benzene rings is 3. The number of ether oxygens (including phenoxy) is 1. The second-order valence-electron chi connectivity index (χ2n) is 5.54. The number of carbonyl (C=O) groups excluding carboxylic acids is 1. The first kappa shape index (κ1) is 18.1. The molecule has 136 valence electrons. The van der Waals surface area contributed by atoms with E-state index in [9.17, 15) is 23.5 Å². The molecule has 0 unspecified atom stereocenters. The van der Waals surface area contributed by atoms with Gasteiger partial charge in [0.05, 0.1) is 11.3 Å². The molecule has 0 saturated carbocycles. The van der Waals surface area contributed by atoms with Crippen molar-refractivity contribution in [3.63, 3.8) is 0 Å². The number of halogens is 2. The Hall–Kier alpha value is -3.74. The molecule has 2 N–H and O–H groups in total. The van der Waals surface area contributed by atoms with E-state index in [1.54, 1.807) is 24.3 Å². The van der Waals surface area contributed by atoms with Crippen molar-refractivity contribution in [2.24, 2.45) is 0 Å². The summed E-state index contributed by atoms with van der Waals surface area (Å²) < 4.78 is 32.2. The normalized spacial score (nSPS) is 10.3. The molecule has 1 amide bonds. The molecule has 3 rings (SSSR count). The van der Waals surface area contributed by atoms with Crippen molar-refractivity contribution < 1.29 is 28.2 Å². The second kappa shape index (κ2) is 7.65. The number of hydrogen-bond acceptors (Lipinski definition) is 3. The predicted octanol–water partition coefficient (Wildman–Crippen LogP) is 4.71. The molecule has 5 nitrogen and oxygen atoms in total. The van der Waals surface area contributed by atoms with Gasteiger partial charge >= 0.3 is 5.97 Å². The fourth-order valence-electron chi connectivity index (χ4n) is 2.38. The van der Waals surface area contributed by atoms with Gasteiger partial charge in [-0.1, -0.05) is 18.2 Å². The van der Waals surface area contributed by atoms with E-state index in [0.29, 0.717) is 11.8 Å². The molecule has 0 radical (unpaired) electrons. The van der Waals surface area contributed by atoms with Crippen LogP contribution in [-0.4, -0.2) is 17.0 Å². The summed E-state index contributed by atoms with van der Waals surface area (Å²) in [6, 6.07) is 15.1. The van der Waals surface area contributed by atoms with Crippen molar-refractivity contribution in [2.45, 2.75) is 0 Å². The fourth-order valence-corrected chi connectivity index (χ4v) is 2.38. The van der Waals surface area contributed by atoms with Gasteiger partial charge in [0, 0.05) is 17.7 Å². The topological polar surface area (TPSA) is 75.6 Å². The van der Waals surface area contributed by atoms with Gasteiger partial charge in [-0.25, -0.2) is 13.6 Å². The van der Waals surface area contributed by atoms with E-state index >= 15 is 0 Å². The van der Waals surface area contributed by atoms with Crippen molar-refractivity contribution >= 4 is 17.6 Å². The number of carboxylic acid groups (broad SMARTS) is 1. The summed E-state index contributed by atoms with van der Waals surface area (Å²) in [7, 11) is 0. The highest BCUT2D eigenvalue weighted by Gasteiger charge is 2.16. The molecule has 0 aliphatic rings. The number of aromatic carboxylic acids is 1. The molecule has 0 aliphatic heterocycles. The molecule has 0 atom stereocenters. The van der Waals surface area contributed by atoms with Crippen LogP contribution in [0.3, 0.4) is 0 Å². The van der Waals surface area contributed by atoms with Crippen LogP contribution in [0.15, 0.2) is 66.7 Å². The summed E-state index contributed by atoms with van der Waals surface area (Å²) in [4.78, 5) is 23.7. The molecule has 3 aromatic rings. The van der Waals surface area contributed by atoms with Gasteiger partial charge in [0.25, 0.3) is 5.91 Å². The van der Waals surface area contributed by atoms with Crippen molar-refractivity contribution in [1.82, 2.24) is 0 Å². The number of para-hydroxylation sites is 1. The third-order valence-corrected chi connectivity index (χ3v) is 3.57. The van der Waals surface area contributed by atoms with Crippen LogP contribution in [0.25, 0.3) is 0 Å². The lowest BCUT2D eigenvalue weighted by atomic mass is 10.1. The van der Waals surface area contributed by atoms with E-state index < -0.39 is 23.5 Å². The molecule has 7 heteroatoms. The first-order chi connectivity index (χ1) is 12.9. The summed E-state index contributed by atoms with van der Waals surface area (Å²) in [5.74, 6) is -3.16. The molecule has 27 heavy (non-hydrogen) atoms. The van der Waals surface area contributed by atoms with Crippen molar-refractivity contribution in [3.8, 4) is 11.5 Å². The highest BCUT2D eigenvalue weighted by atomic mass is 19.1. The van der Waals surface area contributed by atoms with Crippen molar-refractivity contribution in [3.05, 3.63) is 89.5 Å². The summed E-state index contributed by atoms with van der Waals surface area (Å²) in [5.41, 5.74) is -0.538. The van der Waals surface area contributed by atoms with Gasteiger partial charge in [0.1, 0.15) is 23.1 Å². The van der Waals surface area contributed by atoms with Gasteiger partial charge < -0.3 is 15.2 Å². The Morgan fingerprint density at radius 2 is 1.52 bits per heavy atom. The minimum Gasteiger partial charge on any atom is -0.478 e. The van der Waals surface area contributed by atoms with Crippen molar-refractivity contribution in [1.29, 1.82) is 0 Å². The smallest absolute Gasteiger partial charge is 0.337 e. The second-order valence-corrected chi connectivity index (χ2v) is 5.54. The zero-order chi connectivity index (χ0) is 19.4. The Bertz CT molecular complexity index is 986. The molecular weight excluding hydrogens is 356 g/mol. The van der Waals surface area contributed by atoms with E-state index in [1.807, 2.05) is 6.07 Å². The van der Waals surface area contributed by atoms with Gasteiger partial charge in [0.2, 0.25) is 0 Å². The number of carbonyl (C=O) groups is 2. The lowest BCUT2D eigenvalue weighted by Gasteiger charge is -2.12. The predicted molar refractivity (Wildman–Crippen MR) is 94.2 cm³/mol. The van der Waals surface area contributed by atoms with Gasteiger partial charge in [-0.05, 0) is 36.4 Å². The Morgan fingerprint density at radius 3 is 2.15 bits per heavy atom. The average Bonchev–Trinajstić information content (AvgIpc) is 2.61. The Morgan fingerprint density at radius 1 is 0.852 bits per heavy atom. The summed E-state index contributed by atoms with van der Waals surface area (Å²) >= 11 is 0. The van der Waals surface area contributed by atoms with Gasteiger partial charge in [-0.3, -0.25) is 4.79 Å². The van der Waals surface area contributed by atoms with Gasteiger partial charge in [-0.15, -0.1) is 0 Å². The number of nitrogens with one attached hydrogen (secondary N) is 1. The number of hydrogen-bond donors (Lipinski definition) is 2. The molecular formula is C20H13F2NO4. The maximum absolute atomic E-state index is 13.3. The summed E-state index contributed by atoms with van der Waals surface area (Å²) in [5, 5.41) is 11.7. The zero-order valence-corrected chi connectivity index (χ0v) is 13.8. The first-order valence-corrected chi connectivity index (χ1v) is 7.80. The number of amides is 1. The van der Waals surface area contributed by atoms with Crippen molar-refractivity contribution in [2.75, 3.05) is 5.32 Å². The zero-order valence-electron chi connectivity index (χ0n) is 13.8. The van der Waals surface area contributed by atoms with Crippen LogP contribution in [0.4, 0.5) is 14.5 Å². The SMILES string of the molecule is O=C(Nc1cc(Oc2ccccc2)ccc1C(=O)O)c1cc(F)cc(F)c1. The molecule has 0 aliphatic carbocycles. The quantitative estimate of drug-likeness (QED) is 0.683. The highest BCUT2D eigenvalue weighted by molar-refractivity contribution is 6.07. The largest absolute Gasteiger partial charge is 0.478 e. The summed E-state index contributed by atoms with van der Waals surface area (Å²) in [6.07, 6.45) is 0. The molecule has 0 aromatic heterocycles. The Balaban J connectivity index is 1.91. The minimum absolute atomic E-state index is 0.0643. The molecule has 0 bridgehead atoms. The molecule has 0 spiro atoms. The third-order valence-electron chi connectivity index (χ3n) is 3.57. The molecule has 3 aromatic carbocycles. The Labute approximate surface area is 152 Å². The van der Waals surface area contributed by atoms with Crippen LogP contribution >= 0.6 is 0 Å². The van der Waals surface area contributed by atoms with Crippen LogP contribution in [0.1, 0.15) is 20.7 Å². The van der Waals surface area contributed by atoms with Gasteiger partial charge in [0.15, 0.2) is 0 Å². The number of anilines is 1. The van der Waals surface area contributed by atoms with Crippen LogP contribution in [0.5, 0.6) is 11.5 Å².